The average Bonchev–Trinajstić information content (AvgIpc) is 2.39. The van der Waals surface area contributed by atoms with E-state index in [4.69, 9.17) is 5.11 Å². The topological polar surface area (TPSA) is 67.5 Å². The van der Waals surface area contributed by atoms with E-state index < -0.39 is 5.97 Å². The van der Waals surface area contributed by atoms with Crippen molar-refractivity contribution >= 4 is 11.6 Å². The first kappa shape index (κ1) is 8.68. The number of aromatic carboxylic acids is 1. The summed E-state index contributed by atoms with van der Waals surface area (Å²) < 4.78 is 1.49. The van der Waals surface area contributed by atoms with E-state index in [0.29, 0.717) is 11.3 Å². The van der Waals surface area contributed by atoms with Crippen molar-refractivity contribution in [2.24, 2.45) is 0 Å². The Balaban J connectivity index is 2.84. The Morgan fingerprint density at radius 3 is 2.86 bits per heavy atom. The van der Waals surface area contributed by atoms with Crippen LogP contribution in [0.15, 0.2) is 12.4 Å². The largest absolute Gasteiger partial charge is 0.477 e. The zero-order valence-electron chi connectivity index (χ0n) is 7.85. The lowest BCUT2D eigenvalue weighted by molar-refractivity contribution is 0.0698. The number of rotatable bonds is 1. The Kier molecular flexibility index (Phi) is 1.73. The van der Waals surface area contributed by atoms with E-state index in [0.717, 1.165) is 5.56 Å². The second-order valence-corrected chi connectivity index (χ2v) is 3.17. The maximum atomic E-state index is 10.9. The number of aromatic nitrogens is 3. The standard InChI is InChI=1S/C9H9N3O2/c1-5-3-10-8-7(9(13)14)6(2)11-12(8)4-5/h3-4H,1-2H3,(H,13,14). The highest BCUT2D eigenvalue weighted by Gasteiger charge is 2.16. The highest BCUT2D eigenvalue weighted by molar-refractivity contribution is 5.95. The predicted octanol–water partition coefficient (Wildman–Crippen LogP) is 1.04. The molecular formula is C9H9N3O2. The normalized spacial score (nSPS) is 10.7. The minimum absolute atomic E-state index is 0.171. The van der Waals surface area contributed by atoms with Gasteiger partial charge in [-0.05, 0) is 19.4 Å². The highest BCUT2D eigenvalue weighted by atomic mass is 16.4. The van der Waals surface area contributed by atoms with Crippen LogP contribution in [0.5, 0.6) is 0 Å². The van der Waals surface area contributed by atoms with Gasteiger partial charge in [0.1, 0.15) is 5.56 Å². The molecular weight excluding hydrogens is 182 g/mol. The first-order valence-electron chi connectivity index (χ1n) is 4.14. The Hall–Kier alpha value is -1.91. The summed E-state index contributed by atoms with van der Waals surface area (Å²) in [5.41, 5.74) is 1.98. The molecule has 0 unspecified atom stereocenters. The Bertz CT molecular complexity index is 516. The van der Waals surface area contributed by atoms with E-state index in [1.165, 1.54) is 4.52 Å². The van der Waals surface area contributed by atoms with Crippen molar-refractivity contribution in [3.8, 4) is 0 Å². The van der Waals surface area contributed by atoms with Gasteiger partial charge in [0.05, 0.1) is 5.69 Å². The van der Waals surface area contributed by atoms with Gasteiger partial charge in [-0.15, -0.1) is 0 Å². The average molecular weight is 191 g/mol. The fourth-order valence-electron chi connectivity index (χ4n) is 1.39. The van der Waals surface area contributed by atoms with E-state index in [2.05, 4.69) is 10.1 Å². The molecule has 0 aromatic carbocycles. The molecule has 5 heteroatoms. The zero-order valence-corrected chi connectivity index (χ0v) is 7.85. The molecule has 72 valence electrons. The molecule has 2 heterocycles. The van der Waals surface area contributed by atoms with Crippen molar-refractivity contribution in [2.75, 3.05) is 0 Å². The second-order valence-electron chi connectivity index (χ2n) is 3.17. The quantitative estimate of drug-likeness (QED) is 0.731. The fourth-order valence-corrected chi connectivity index (χ4v) is 1.39. The number of aryl methyl sites for hydroxylation is 2. The van der Waals surface area contributed by atoms with Crippen LogP contribution in [0.4, 0.5) is 0 Å². The molecule has 0 saturated carbocycles. The second kappa shape index (κ2) is 2.80. The van der Waals surface area contributed by atoms with E-state index >= 15 is 0 Å². The van der Waals surface area contributed by atoms with E-state index in [1.807, 2.05) is 6.92 Å². The summed E-state index contributed by atoms with van der Waals surface area (Å²) in [7, 11) is 0. The molecule has 0 aliphatic carbocycles. The summed E-state index contributed by atoms with van der Waals surface area (Å²) in [5, 5.41) is 13.0. The number of carboxylic acids is 1. The predicted molar refractivity (Wildman–Crippen MR) is 49.4 cm³/mol. The van der Waals surface area contributed by atoms with Gasteiger partial charge in [-0.1, -0.05) is 0 Å². The molecule has 0 fully saturated rings. The third-order valence-corrected chi connectivity index (χ3v) is 1.99. The first-order valence-corrected chi connectivity index (χ1v) is 4.14. The Morgan fingerprint density at radius 2 is 2.21 bits per heavy atom. The minimum atomic E-state index is -0.992. The van der Waals surface area contributed by atoms with Crippen LogP contribution < -0.4 is 0 Å². The van der Waals surface area contributed by atoms with Gasteiger partial charge in [-0.2, -0.15) is 5.10 Å². The molecule has 0 radical (unpaired) electrons. The Morgan fingerprint density at radius 1 is 1.50 bits per heavy atom. The van der Waals surface area contributed by atoms with Crippen LogP contribution in [0.2, 0.25) is 0 Å². The summed E-state index contributed by atoms with van der Waals surface area (Å²) in [6.45, 7) is 3.54. The van der Waals surface area contributed by atoms with Crippen LogP contribution in [-0.2, 0) is 0 Å². The molecule has 5 nitrogen and oxygen atoms in total. The van der Waals surface area contributed by atoms with Crippen LogP contribution in [0.1, 0.15) is 21.6 Å². The molecule has 14 heavy (non-hydrogen) atoms. The first-order chi connectivity index (χ1) is 6.59. The van der Waals surface area contributed by atoms with Gasteiger partial charge in [-0.3, -0.25) is 0 Å². The molecule has 2 aromatic heterocycles. The summed E-state index contributed by atoms with van der Waals surface area (Å²) in [4.78, 5) is 14.9. The van der Waals surface area contributed by atoms with E-state index in [1.54, 1.807) is 19.3 Å². The van der Waals surface area contributed by atoms with E-state index in [-0.39, 0.29) is 5.56 Å². The molecule has 0 saturated heterocycles. The lowest BCUT2D eigenvalue weighted by Crippen LogP contribution is -1.99. The number of hydrogen-bond donors (Lipinski definition) is 1. The zero-order chi connectivity index (χ0) is 10.3. The number of carbonyl (C=O) groups is 1. The number of hydrogen-bond acceptors (Lipinski definition) is 3. The molecule has 0 atom stereocenters. The molecule has 1 N–H and O–H groups in total. The summed E-state index contributed by atoms with van der Waals surface area (Å²) >= 11 is 0. The fraction of sp³-hybridized carbons (Fsp3) is 0.222. The lowest BCUT2D eigenvalue weighted by Gasteiger charge is -1.94. The minimum Gasteiger partial charge on any atom is -0.477 e. The van der Waals surface area contributed by atoms with Crippen molar-refractivity contribution in [3.05, 3.63) is 29.2 Å². The van der Waals surface area contributed by atoms with Gasteiger partial charge in [0, 0.05) is 12.4 Å². The number of fused-ring (bicyclic) bond motifs is 1. The van der Waals surface area contributed by atoms with Crippen LogP contribution in [0.25, 0.3) is 5.65 Å². The lowest BCUT2D eigenvalue weighted by atomic mass is 10.2. The van der Waals surface area contributed by atoms with Crippen LogP contribution in [0, 0.1) is 13.8 Å². The summed E-state index contributed by atoms with van der Waals surface area (Å²) in [6, 6.07) is 0. The maximum Gasteiger partial charge on any atom is 0.341 e. The van der Waals surface area contributed by atoms with Gasteiger partial charge in [0.2, 0.25) is 0 Å². The molecule has 2 rings (SSSR count). The van der Waals surface area contributed by atoms with Crippen molar-refractivity contribution in [1.29, 1.82) is 0 Å². The monoisotopic (exact) mass is 191 g/mol. The molecule has 2 aromatic rings. The third kappa shape index (κ3) is 1.14. The van der Waals surface area contributed by atoms with Crippen molar-refractivity contribution in [1.82, 2.24) is 14.6 Å². The van der Waals surface area contributed by atoms with Gasteiger partial charge in [-0.25, -0.2) is 14.3 Å². The summed E-state index contributed by atoms with van der Waals surface area (Å²) in [5.74, 6) is -0.992. The van der Waals surface area contributed by atoms with Gasteiger partial charge in [0.15, 0.2) is 5.65 Å². The van der Waals surface area contributed by atoms with Crippen LogP contribution in [-0.4, -0.2) is 25.7 Å². The third-order valence-electron chi connectivity index (χ3n) is 1.99. The van der Waals surface area contributed by atoms with Gasteiger partial charge < -0.3 is 5.11 Å². The van der Waals surface area contributed by atoms with Gasteiger partial charge in [0.25, 0.3) is 0 Å². The van der Waals surface area contributed by atoms with Crippen molar-refractivity contribution < 1.29 is 9.90 Å². The SMILES string of the molecule is Cc1cnc2c(C(=O)O)c(C)nn2c1. The van der Waals surface area contributed by atoms with Crippen LogP contribution >= 0.6 is 0 Å². The maximum absolute atomic E-state index is 10.9. The van der Waals surface area contributed by atoms with Crippen LogP contribution in [0.3, 0.4) is 0 Å². The molecule has 0 aliphatic heterocycles. The smallest absolute Gasteiger partial charge is 0.341 e. The number of nitrogens with zero attached hydrogens (tertiary/aromatic N) is 3. The van der Waals surface area contributed by atoms with Gasteiger partial charge >= 0.3 is 5.97 Å². The summed E-state index contributed by atoms with van der Waals surface area (Å²) in [6.07, 6.45) is 3.38. The number of carboxylic acid groups (broad SMARTS) is 1. The molecule has 0 bridgehead atoms. The molecule has 0 spiro atoms. The van der Waals surface area contributed by atoms with E-state index in [9.17, 15) is 4.79 Å². The molecule has 0 amide bonds. The highest BCUT2D eigenvalue weighted by Crippen LogP contribution is 2.13. The van der Waals surface area contributed by atoms with Crippen molar-refractivity contribution in [2.45, 2.75) is 13.8 Å². The molecule has 0 aliphatic rings. The Labute approximate surface area is 80.0 Å². The van der Waals surface area contributed by atoms with Crippen molar-refractivity contribution in [3.63, 3.8) is 0 Å².